The largest absolute Gasteiger partial charge is 0.465 e. The predicted octanol–water partition coefficient (Wildman–Crippen LogP) is 4.79. The molecule has 1 amide bonds. The Morgan fingerprint density at radius 2 is 1.91 bits per heavy atom. The summed E-state index contributed by atoms with van der Waals surface area (Å²) in [5.41, 5.74) is 0.739. The Morgan fingerprint density at radius 3 is 2.50 bits per heavy atom. The summed E-state index contributed by atoms with van der Waals surface area (Å²) in [6.45, 7) is 5.70. The second-order valence-corrected chi connectivity index (χ2v) is 6.94. The molecule has 0 saturated heterocycles. The van der Waals surface area contributed by atoms with E-state index in [-0.39, 0.29) is 18.0 Å². The molecule has 6 heteroatoms. The number of nitrogens with one attached hydrogen (secondary N) is 2. The van der Waals surface area contributed by atoms with Crippen LogP contribution in [0.15, 0.2) is 43.7 Å². The molecule has 1 aromatic carbocycles. The van der Waals surface area contributed by atoms with Crippen LogP contribution in [0.3, 0.4) is 0 Å². The lowest BCUT2D eigenvalue weighted by atomic mass is 10.2. The lowest BCUT2D eigenvalue weighted by Crippen LogP contribution is -2.39. The summed E-state index contributed by atoms with van der Waals surface area (Å²) in [6.07, 6.45) is 0. The Balaban J connectivity index is 1.97. The normalized spacial score (nSPS) is 13.7. The first-order chi connectivity index (χ1) is 10.4. The van der Waals surface area contributed by atoms with Crippen molar-refractivity contribution in [3.8, 4) is 0 Å². The third-order valence-corrected chi connectivity index (χ3v) is 4.42. The van der Waals surface area contributed by atoms with E-state index in [0.717, 1.165) is 26.2 Å². The van der Waals surface area contributed by atoms with E-state index < -0.39 is 0 Å². The molecule has 0 aliphatic rings. The molecule has 2 rings (SSSR count). The number of hydrogen-bond donors (Lipinski definition) is 2. The van der Waals surface area contributed by atoms with Crippen LogP contribution in [-0.2, 0) is 4.79 Å². The minimum atomic E-state index is -0.351. The molecule has 0 radical (unpaired) electrons. The minimum Gasteiger partial charge on any atom is -0.465 e. The van der Waals surface area contributed by atoms with Gasteiger partial charge in [0.05, 0.1) is 17.8 Å². The maximum atomic E-state index is 12.3. The van der Waals surface area contributed by atoms with Crippen molar-refractivity contribution in [3.63, 3.8) is 0 Å². The third kappa shape index (κ3) is 4.44. The molecule has 2 N–H and O–H groups in total. The fraction of sp³-hybridized carbons (Fsp3) is 0.312. The Bertz CT molecular complexity index is 670. The zero-order valence-electron chi connectivity index (χ0n) is 12.6. The van der Waals surface area contributed by atoms with E-state index in [2.05, 4.69) is 42.5 Å². The van der Waals surface area contributed by atoms with Gasteiger partial charge in [-0.1, -0.05) is 15.9 Å². The van der Waals surface area contributed by atoms with Gasteiger partial charge in [-0.2, -0.15) is 0 Å². The van der Waals surface area contributed by atoms with Crippen molar-refractivity contribution in [1.82, 2.24) is 5.32 Å². The van der Waals surface area contributed by atoms with Gasteiger partial charge in [0.25, 0.3) is 0 Å². The lowest BCUT2D eigenvalue weighted by Gasteiger charge is -2.18. The quantitative estimate of drug-likeness (QED) is 0.718. The molecule has 2 unspecified atom stereocenters. The fourth-order valence-electron chi connectivity index (χ4n) is 2.05. The molecule has 22 heavy (non-hydrogen) atoms. The second kappa shape index (κ2) is 7.44. The van der Waals surface area contributed by atoms with Crippen molar-refractivity contribution in [2.45, 2.75) is 32.9 Å². The van der Waals surface area contributed by atoms with Crippen LogP contribution >= 0.6 is 31.9 Å². The van der Waals surface area contributed by atoms with Crippen molar-refractivity contribution in [2.24, 2.45) is 0 Å². The van der Waals surface area contributed by atoms with Gasteiger partial charge in [0.15, 0.2) is 0 Å². The summed E-state index contributed by atoms with van der Waals surface area (Å²) in [5, 5.41) is 6.13. The van der Waals surface area contributed by atoms with Crippen molar-refractivity contribution >= 4 is 43.5 Å². The number of halogens is 2. The molecule has 1 heterocycles. The monoisotopic (exact) mass is 428 g/mol. The van der Waals surface area contributed by atoms with E-state index in [1.54, 1.807) is 0 Å². The number of benzene rings is 1. The molecular formula is C16H18Br2N2O2. The molecule has 0 aliphatic heterocycles. The summed E-state index contributed by atoms with van der Waals surface area (Å²) in [4.78, 5) is 12.3. The Kier molecular flexibility index (Phi) is 5.83. The van der Waals surface area contributed by atoms with Crippen LogP contribution in [0.25, 0.3) is 0 Å². The number of anilines is 1. The first kappa shape index (κ1) is 17.2. The smallest absolute Gasteiger partial charge is 0.241 e. The Hall–Kier alpha value is -1.11. The number of hydrogen-bond acceptors (Lipinski definition) is 3. The lowest BCUT2D eigenvalue weighted by molar-refractivity contribution is -0.118. The van der Waals surface area contributed by atoms with Crippen LogP contribution in [0.2, 0.25) is 0 Å². The van der Waals surface area contributed by atoms with Crippen LogP contribution in [0, 0.1) is 6.92 Å². The van der Waals surface area contributed by atoms with Gasteiger partial charge in [-0.25, -0.2) is 0 Å². The number of rotatable bonds is 5. The fourth-order valence-corrected chi connectivity index (χ4v) is 3.20. The number of aryl methyl sites for hydroxylation is 1. The van der Waals surface area contributed by atoms with Gasteiger partial charge < -0.3 is 9.73 Å². The minimum absolute atomic E-state index is 0.0391. The summed E-state index contributed by atoms with van der Waals surface area (Å²) >= 11 is 6.82. The molecule has 2 aromatic rings. The van der Waals surface area contributed by atoms with E-state index in [4.69, 9.17) is 4.42 Å². The third-order valence-electron chi connectivity index (χ3n) is 3.27. The van der Waals surface area contributed by atoms with Gasteiger partial charge in [-0.3, -0.25) is 10.1 Å². The van der Waals surface area contributed by atoms with Crippen LogP contribution in [0.4, 0.5) is 5.69 Å². The standard InChI is InChI=1S/C16H18Br2N2O2/c1-9-4-7-15(22-9)10(2)19-11(3)16(21)20-14-6-5-12(17)8-13(14)18/h4-8,10-11,19H,1-3H3,(H,20,21). The molecule has 1 aromatic heterocycles. The first-order valence-corrected chi connectivity index (χ1v) is 8.53. The SMILES string of the molecule is Cc1ccc(C(C)NC(C)C(=O)Nc2ccc(Br)cc2Br)o1. The van der Waals surface area contributed by atoms with E-state index >= 15 is 0 Å². The average Bonchev–Trinajstić information content (AvgIpc) is 2.88. The predicted molar refractivity (Wildman–Crippen MR) is 94.9 cm³/mol. The number of carbonyl (C=O) groups is 1. The van der Waals surface area contributed by atoms with Crippen molar-refractivity contribution in [3.05, 3.63) is 50.8 Å². The van der Waals surface area contributed by atoms with Gasteiger partial charge in [0, 0.05) is 8.95 Å². The average molecular weight is 430 g/mol. The van der Waals surface area contributed by atoms with E-state index in [0.29, 0.717) is 0 Å². The van der Waals surface area contributed by atoms with Crippen LogP contribution < -0.4 is 10.6 Å². The maximum Gasteiger partial charge on any atom is 0.241 e. The number of carbonyl (C=O) groups excluding carboxylic acids is 1. The zero-order chi connectivity index (χ0) is 16.3. The highest BCUT2D eigenvalue weighted by atomic mass is 79.9. The Labute approximate surface area is 146 Å². The Morgan fingerprint density at radius 1 is 1.18 bits per heavy atom. The van der Waals surface area contributed by atoms with Crippen LogP contribution in [0.1, 0.15) is 31.4 Å². The highest BCUT2D eigenvalue weighted by Crippen LogP contribution is 2.26. The van der Waals surface area contributed by atoms with Crippen molar-refractivity contribution in [2.75, 3.05) is 5.32 Å². The van der Waals surface area contributed by atoms with Gasteiger partial charge in [-0.15, -0.1) is 0 Å². The van der Waals surface area contributed by atoms with Gasteiger partial charge in [-0.05, 0) is 67.0 Å². The molecule has 0 saturated carbocycles. The van der Waals surface area contributed by atoms with Gasteiger partial charge in [0.1, 0.15) is 11.5 Å². The summed E-state index contributed by atoms with van der Waals surface area (Å²) in [7, 11) is 0. The zero-order valence-corrected chi connectivity index (χ0v) is 15.8. The highest BCUT2D eigenvalue weighted by Gasteiger charge is 2.18. The summed E-state index contributed by atoms with van der Waals surface area (Å²) in [5.74, 6) is 1.58. The van der Waals surface area contributed by atoms with Crippen LogP contribution in [0.5, 0.6) is 0 Å². The van der Waals surface area contributed by atoms with E-state index in [1.165, 1.54) is 0 Å². The molecule has 4 nitrogen and oxygen atoms in total. The molecule has 0 fully saturated rings. The topological polar surface area (TPSA) is 54.3 Å². The second-order valence-electron chi connectivity index (χ2n) is 5.17. The number of amides is 1. The summed E-state index contributed by atoms with van der Waals surface area (Å²) in [6, 6.07) is 9.06. The maximum absolute atomic E-state index is 12.3. The first-order valence-electron chi connectivity index (χ1n) is 6.95. The van der Waals surface area contributed by atoms with Crippen molar-refractivity contribution < 1.29 is 9.21 Å². The van der Waals surface area contributed by atoms with Gasteiger partial charge in [0.2, 0.25) is 5.91 Å². The highest BCUT2D eigenvalue weighted by molar-refractivity contribution is 9.11. The molecule has 118 valence electrons. The van der Waals surface area contributed by atoms with Crippen LogP contribution in [-0.4, -0.2) is 11.9 Å². The summed E-state index contributed by atoms with van der Waals surface area (Å²) < 4.78 is 7.35. The molecule has 0 bridgehead atoms. The molecular weight excluding hydrogens is 412 g/mol. The molecule has 0 spiro atoms. The number of furan rings is 1. The van der Waals surface area contributed by atoms with Gasteiger partial charge >= 0.3 is 0 Å². The van der Waals surface area contributed by atoms with Crippen molar-refractivity contribution in [1.29, 1.82) is 0 Å². The van der Waals surface area contributed by atoms with E-state index in [1.807, 2.05) is 51.1 Å². The molecule has 0 aliphatic carbocycles. The molecule has 2 atom stereocenters. The van der Waals surface area contributed by atoms with E-state index in [9.17, 15) is 4.79 Å².